The fraction of sp³-hybridized carbons (Fsp3) is 0.727. The quantitative estimate of drug-likeness (QED) is 0.779. The predicted molar refractivity (Wildman–Crippen MR) is 60.4 cm³/mol. The van der Waals surface area contributed by atoms with E-state index in [-0.39, 0.29) is 0 Å². The summed E-state index contributed by atoms with van der Waals surface area (Å²) in [6.45, 7) is 3.82. The number of hydrogen-bond donors (Lipinski definition) is 1. The molecule has 1 heterocycles. The Hall–Kier alpha value is -0.870. The van der Waals surface area contributed by atoms with Crippen molar-refractivity contribution in [2.24, 2.45) is 5.73 Å². The molecule has 1 fully saturated rings. The molecule has 0 bridgehead atoms. The van der Waals surface area contributed by atoms with Crippen LogP contribution in [0.25, 0.3) is 0 Å². The molecular formula is C11H20N4. The first-order valence-electron chi connectivity index (χ1n) is 5.63. The molecule has 1 aliphatic carbocycles. The SMILES string of the molecule is CC(Cn1cncc1CN)N(C)C1CC1. The van der Waals surface area contributed by atoms with Gasteiger partial charge in [0.05, 0.1) is 12.0 Å². The fourth-order valence-electron chi connectivity index (χ4n) is 1.94. The molecule has 0 aromatic carbocycles. The zero-order chi connectivity index (χ0) is 10.8. The molecule has 1 atom stereocenters. The number of hydrogen-bond acceptors (Lipinski definition) is 3. The van der Waals surface area contributed by atoms with Crippen LogP contribution in [0.3, 0.4) is 0 Å². The van der Waals surface area contributed by atoms with E-state index < -0.39 is 0 Å². The van der Waals surface area contributed by atoms with Gasteiger partial charge in [0.15, 0.2) is 0 Å². The minimum Gasteiger partial charge on any atom is -0.332 e. The van der Waals surface area contributed by atoms with Gasteiger partial charge in [0, 0.05) is 31.4 Å². The Morgan fingerprint density at radius 1 is 1.67 bits per heavy atom. The molecule has 84 valence electrons. The summed E-state index contributed by atoms with van der Waals surface area (Å²) in [5.74, 6) is 0. The molecule has 4 heteroatoms. The number of rotatable bonds is 5. The highest BCUT2D eigenvalue weighted by Gasteiger charge is 2.29. The Labute approximate surface area is 91.1 Å². The molecule has 1 aromatic heterocycles. The molecule has 0 amide bonds. The van der Waals surface area contributed by atoms with Gasteiger partial charge in [0.2, 0.25) is 0 Å². The molecule has 0 radical (unpaired) electrons. The summed E-state index contributed by atoms with van der Waals surface area (Å²) in [4.78, 5) is 6.59. The van der Waals surface area contributed by atoms with Crippen LogP contribution in [-0.4, -0.2) is 33.6 Å². The summed E-state index contributed by atoms with van der Waals surface area (Å²) in [6, 6.07) is 1.36. The third-order valence-corrected chi connectivity index (χ3v) is 3.29. The Bertz CT molecular complexity index is 316. The first-order valence-corrected chi connectivity index (χ1v) is 5.63. The number of nitrogens with two attached hydrogens (primary N) is 1. The van der Waals surface area contributed by atoms with E-state index in [2.05, 4.69) is 28.4 Å². The third kappa shape index (κ3) is 2.38. The zero-order valence-corrected chi connectivity index (χ0v) is 9.56. The number of aromatic nitrogens is 2. The molecule has 1 aromatic rings. The lowest BCUT2D eigenvalue weighted by atomic mass is 10.3. The topological polar surface area (TPSA) is 47.1 Å². The largest absolute Gasteiger partial charge is 0.332 e. The summed E-state index contributed by atoms with van der Waals surface area (Å²) in [7, 11) is 2.21. The van der Waals surface area contributed by atoms with E-state index in [0.29, 0.717) is 12.6 Å². The van der Waals surface area contributed by atoms with Gasteiger partial charge in [-0.25, -0.2) is 4.98 Å². The second-order valence-corrected chi connectivity index (χ2v) is 4.49. The van der Waals surface area contributed by atoms with Gasteiger partial charge in [-0.1, -0.05) is 0 Å². The Morgan fingerprint density at radius 2 is 2.40 bits per heavy atom. The standard InChI is InChI=1S/C11H20N4/c1-9(14(2)10-3-4-10)7-15-8-13-6-11(15)5-12/h6,8-10H,3-5,7,12H2,1-2H3. The second kappa shape index (κ2) is 4.33. The molecule has 4 nitrogen and oxygen atoms in total. The highest BCUT2D eigenvalue weighted by Crippen LogP contribution is 2.27. The first kappa shape index (κ1) is 10.6. The maximum absolute atomic E-state index is 5.64. The fourth-order valence-corrected chi connectivity index (χ4v) is 1.94. The predicted octanol–water partition coefficient (Wildman–Crippen LogP) is 0.824. The van der Waals surface area contributed by atoms with Crippen molar-refractivity contribution in [3.63, 3.8) is 0 Å². The molecule has 0 saturated heterocycles. The molecule has 0 spiro atoms. The van der Waals surface area contributed by atoms with Gasteiger partial charge in [-0.15, -0.1) is 0 Å². The van der Waals surface area contributed by atoms with Crippen molar-refractivity contribution in [1.82, 2.24) is 14.5 Å². The Kier molecular flexibility index (Phi) is 3.07. The highest BCUT2D eigenvalue weighted by molar-refractivity contribution is 4.98. The Morgan fingerprint density at radius 3 is 3.00 bits per heavy atom. The Balaban J connectivity index is 1.95. The van der Waals surface area contributed by atoms with E-state index >= 15 is 0 Å². The summed E-state index contributed by atoms with van der Waals surface area (Å²) < 4.78 is 2.16. The van der Waals surface area contributed by atoms with Gasteiger partial charge in [-0.3, -0.25) is 4.90 Å². The van der Waals surface area contributed by atoms with Crippen LogP contribution in [0.15, 0.2) is 12.5 Å². The molecule has 1 aliphatic rings. The maximum atomic E-state index is 5.64. The van der Waals surface area contributed by atoms with Crippen molar-refractivity contribution < 1.29 is 0 Å². The molecule has 1 unspecified atom stereocenters. The lowest BCUT2D eigenvalue weighted by molar-refractivity contribution is 0.224. The van der Waals surface area contributed by atoms with Crippen molar-refractivity contribution in [2.75, 3.05) is 7.05 Å². The van der Waals surface area contributed by atoms with Gasteiger partial charge >= 0.3 is 0 Å². The minimum absolute atomic E-state index is 0.553. The molecule has 2 rings (SSSR count). The first-order chi connectivity index (χ1) is 7.22. The van der Waals surface area contributed by atoms with Gasteiger partial charge < -0.3 is 10.3 Å². The summed E-state index contributed by atoms with van der Waals surface area (Å²) in [5, 5.41) is 0. The van der Waals surface area contributed by atoms with Crippen LogP contribution in [0.5, 0.6) is 0 Å². The van der Waals surface area contributed by atoms with Gasteiger partial charge in [-0.2, -0.15) is 0 Å². The monoisotopic (exact) mass is 208 g/mol. The van der Waals surface area contributed by atoms with Gasteiger partial charge in [-0.05, 0) is 26.8 Å². The van der Waals surface area contributed by atoms with Gasteiger partial charge in [0.25, 0.3) is 0 Å². The average Bonchev–Trinajstić information content (AvgIpc) is 2.99. The van der Waals surface area contributed by atoms with Crippen molar-refractivity contribution in [1.29, 1.82) is 0 Å². The smallest absolute Gasteiger partial charge is 0.0949 e. The molecule has 1 saturated carbocycles. The minimum atomic E-state index is 0.553. The summed E-state index contributed by atoms with van der Waals surface area (Å²) in [5.41, 5.74) is 6.76. The molecule has 2 N–H and O–H groups in total. The van der Waals surface area contributed by atoms with Crippen molar-refractivity contribution in [2.45, 2.75) is 44.9 Å². The third-order valence-electron chi connectivity index (χ3n) is 3.29. The van der Waals surface area contributed by atoms with Crippen molar-refractivity contribution >= 4 is 0 Å². The number of likely N-dealkylation sites (N-methyl/N-ethyl adjacent to an activating group) is 1. The van der Waals surface area contributed by atoms with Crippen LogP contribution in [-0.2, 0) is 13.1 Å². The average molecular weight is 208 g/mol. The molecule has 0 aliphatic heterocycles. The maximum Gasteiger partial charge on any atom is 0.0949 e. The van der Waals surface area contributed by atoms with E-state index in [1.807, 2.05) is 12.5 Å². The van der Waals surface area contributed by atoms with Crippen molar-refractivity contribution in [3.8, 4) is 0 Å². The van der Waals surface area contributed by atoms with E-state index in [1.54, 1.807) is 0 Å². The van der Waals surface area contributed by atoms with E-state index in [4.69, 9.17) is 5.73 Å². The van der Waals surface area contributed by atoms with E-state index in [1.165, 1.54) is 12.8 Å². The van der Waals surface area contributed by atoms with Crippen LogP contribution < -0.4 is 5.73 Å². The second-order valence-electron chi connectivity index (χ2n) is 4.49. The summed E-state index contributed by atoms with van der Waals surface area (Å²) in [6.07, 6.45) is 6.44. The number of nitrogens with zero attached hydrogens (tertiary/aromatic N) is 3. The zero-order valence-electron chi connectivity index (χ0n) is 9.56. The van der Waals surface area contributed by atoms with Crippen molar-refractivity contribution in [3.05, 3.63) is 18.2 Å². The van der Waals surface area contributed by atoms with Crippen LogP contribution in [0.2, 0.25) is 0 Å². The van der Waals surface area contributed by atoms with Gasteiger partial charge in [0.1, 0.15) is 0 Å². The van der Waals surface area contributed by atoms with Crippen LogP contribution in [0, 0.1) is 0 Å². The lowest BCUT2D eigenvalue weighted by Gasteiger charge is -2.25. The molecule has 15 heavy (non-hydrogen) atoms. The van der Waals surface area contributed by atoms with E-state index in [9.17, 15) is 0 Å². The number of imidazole rings is 1. The molecular weight excluding hydrogens is 188 g/mol. The van der Waals surface area contributed by atoms with E-state index in [0.717, 1.165) is 18.3 Å². The highest BCUT2D eigenvalue weighted by atomic mass is 15.2. The summed E-state index contributed by atoms with van der Waals surface area (Å²) >= 11 is 0. The van der Waals surface area contributed by atoms with Crippen LogP contribution in [0.1, 0.15) is 25.5 Å². The van der Waals surface area contributed by atoms with Crippen LogP contribution >= 0.6 is 0 Å². The lowest BCUT2D eigenvalue weighted by Crippen LogP contribution is -2.34. The normalized spacial score (nSPS) is 18.4. The van der Waals surface area contributed by atoms with Crippen LogP contribution in [0.4, 0.5) is 0 Å².